The van der Waals surface area contributed by atoms with Crippen LogP contribution in [0, 0.1) is 5.21 Å². The summed E-state index contributed by atoms with van der Waals surface area (Å²) in [4.78, 5) is 0. The standard InChI is InChI=1S/C9H9NO/c1-7-6-10(11)9-5-3-2-4-8(7)9/h2-6,10H,1H3. The van der Waals surface area contributed by atoms with Crippen molar-refractivity contribution in [1.29, 1.82) is 0 Å². The van der Waals surface area contributed by atoms with Crippen molar-refractivity contribution in [2.75, 3.05) is 0 Å². The summed E-state index contributed by atoms with van der Waals surface area (Å²) in [5.41, 5.74) is 2.99. The molecule has 0 radical (unpaired) electrons. The van der Waals surface area contributed by atoms with E-state index in [1.165, 1.54) is 0 Å². The first-order chi connectivity index (χ1) is 5.29. The zero-order chi connectivity index (χ0) is 7.84. The van der Waals surface area contributed by atoms with E-state index in [1.807, 2.05) is 31.2 Å². The highest BCUT2D eigenvalue weighted by Crippen LogP contribution is 2.23. The van der Waals surface area contributed by atoms with Crippen LogP contribution in [0.5, 0.6) is 0 Å². The zero-order valence-corrected chi connectivity index (χ0v) is 6.29. The smallest absolute Gasteiger partial charge is 0.143 e. The predicted molar refractivity (Wildman–Crippen MR) is 44.1 cm³/mol. The minimum atomic E-state index is 0.137. The first kappa shape index (κ1) is 6.58. The Morgan fingerprint density at radius 2 is 2.00 bits per heavy atom. The van der Waals surface area contributed by atoms with Gasteiger partial charge in [0, 0.05) is 17.2 Å². The molecule has 1 aliphatic heterocycles. The summed E-state index contributed by atoms with van der Waals surface area (Å²) < 4.78 is 0. The number of fused-ring (bicyclic) bond motifs is 1. The van der Waals surface area contributed by atoms with Gasteiger partial charge in [0.05, 0.1) is 0 Å². The Bertz CT molecular complexity index is 317. The highest BCUT2D eigenvalue weighted by Gasteiger charge is 2.16. The molecule has 1 aromatic carbocycles. The lowest BCUT2D eigenvalue weighted by Gasteiger charge is -2.12. The van der Waals surface area contributed by atoms with Gasteiger partial charge in [0.15, 0.2) is 0 Å². The second-order valence-corrected chi connectivity index (χ2v) is 2.74. The summed E-state index contributed by atoms with van der Waals surface area (Å²) in [5.74, 6) is 0. The Morgan fingerprint density at radius 1 is 1.27 bits per heavy atom. The van der Waals surface area contributed by atoms with Crippen LogP contribution in [0.15, 0.2) is 30.5 Å². The Labute approximate surface area is 65.3 Å². The van der Waals surface area contributed by atoms with Gasteiger partial charge in [0.25, 0.3) is 0 Å². The van der Waals surface area contributed by atoms with Gasteiger partial charge in [-0.05, 0) is 13.0 Å². The Morgan fingerprint density at radius 3 is 2.73 bits per heavy atom. The van der Waals surface area contributed by atoms with Crippen molar-refractivity contribution in [2.24, 2.45) is 0 Å². The molecule has 2 rings (SSSR count). The van der Waals surface area contributed by atoms with Crippen molar-refractivity contribution in [2.45, 2.75) is 6.92 Å². The van der Waals surface area contributed by atoms with Crippen molar-refractivity contribution < 1.29 is 5.06 Å². The minimum absolute atomic E-state index is 0.137. The van der Waals surface area contributed by atoms with E-state index in [9.17, 15) is 5.21 Å². The van der Waals surface area contributed by atoms with Crippen LogP contribution in [0.1, 0.15) is 12.5 Å². The molecule has 11 heavy (non-hydrogen) atoms. The fourth-order valence-corrected chi connectivity index (χ4v) is 1.39. The molecule has 0 aliphatic carbocycles. The van der Waals surface area contributed by atoms with Crippen LogP contribution in [0.25, 0.3) is 5.57 Å². The number of para-hydroxylation sites is 1. The van der Waals surface area contributed by atoms with Crippen LogP contribution in [0.3, 0.4) is 0 Å². The number of nitrogens with one attached hydrogen (secondary N) is 1. The van der Waals surface area contributed by atoms with E-state index in [2.05, 4.69) is 0 Å². The van der Waals surface area contributed by atoms with Gasteiger partial charge in [-0.15, -0.1) is 0 Å². The molecule has 0 fully saturated rings. The minimum Gasteiger partial charge on any atom is -0.624 e. The maximum absolute atomic E-state index is 11.2. The third kappa shape index (κ3) is 0.878. The average Bonchev–Trinajstić information content (AvgIpc) is 2.30. The number of rotatable bonds is 0. The third-order valence-corrected chi connectivity index (χ3v) is 1.96. The van der Waals surface area contributed by atoms with Gasteiger partial charge >= 0.3 is 0 Å². The molecule has 1 unspecified atom stereocenters. The fourth-order valence-electron chi connectivity index (χ4n) is 1.39. The first-order valence-corrected chi connectivity index (χ1v) is 3.61. The highest BCUT2D eigenvalue weighted by atomic mass is 16.5. The van der Waals surface area contributed by atoms with Gasteiger partial charge in [-0.3, -0.25) is 0 Å². The molecule has 0 saturated heterocycles. The summed E-state index contributed by atoms with van der Waals surface area (Å²) in [5, 5.41) is 11.3. The van der Waals surface area contributed by atoms with Crippen molar-refractivity contribution in [3.8, 4) is 0 Å². The van der Waals surface area contributed by atoms with Crippen molar-refractivity contribution in [3.63, 3.8) is 0 Å². The molecule has 0 amide bonds. The molecule has 1 N–H and O–H groups in total. The number of hydrogen-bond acceptors (Lipinski definition) is 1. The second kappa shape index (κ2) is 2.19. The van der Waals surface area contributed by atoms with Gasteiger partial charge < -0.3 is 10.3 Å². The third-order valence-electron chi connectivity index (χ3n) is 1.96. The summed E-state index contributed by atoms with van der Waals surface area (Å²) in [6.45, 7) is 1.96. The molecule has 2 nitrogen and oxygen atoms in total. The fraction of sp³-hybridized carbons (Fsp3) is 0.111. The van der Waals surface area contributed by atoms with E-state index in [1.54, 1.807) is 6.20 Å². The van der Waals surface area contributed by atoms with Gasteiger partial charge in [0.1, 0.15) is 11.9 Å². The van der Waals surface area contributed by atoms with Crippen LogP contribution in [0.4, 0.5) is 5.69 Å². The monoisotopic (exact) mass is 147 g/mol. The van der Waals surface area contributed by atoms with Crippen molar-refractivity contribution >= 4 is 11.3 Å². The number of benzene rings is 1. The molecule has 2 heteroatoms. The molecule has 56 valence electrons. The molecule has 1 heterocycles. The molecule has 0 saturated carbocycles. The van der Waals surface area contributed by atoms with Crippen LogP contribution in [0.2, 0.25) is 0 Å². The second-order valence-electron chi connectivity index (χ2n) is 2.74. The number of hydroxylamine groups is 1. The molecule has 1 atom stereocenters. The number of quaternary nitrogens is 1. The summed E-state index contributed by atoms with van der Waals surface area (Å²) >= 11 is 0. The lowest BCUT2D eigenvalue weighted by Crippen LogP contribution is -2.95. The van der Waals surface area contributed by atoms with Crippen LogP contribution < -0.4 is 5.06 Å². The number of allylic oxidation sites excluding steroid dienone is 1. The van der Waals surface area contributed by atoms with Crippen molar-refractivity contribution in [3.05, 3.63) is 41.2 Å². The van der Waals surface area contributed by atoms with E-state index in [4.69, 9.17) is 0 Å². The highest BCUT2D eigenvalue weighted by molar-refractivity contribution is 5.73. The van der Waals surface area contributed by atoms with Gasteiger partial charge in [0.2, 0.25) is 0 Å². The quantitative estimate of drug-likeness (QED) is 0.546. The van der Waals surface area contributed by atoms with E-state index >= 15 is 0 Å². The lowest BCUT2D eigenvalue weighted by atomic mass is 10.1. The molecule has 1 aromatic rings. The Kier molecular flexibility index (Phi) is 1.31. The molecule has 0 aromatic heterocycles. The average molecular weight is 147 g/mol. The number of hydrogen-bond donors (Lipinski definition) is 1. The Balaban J connectivity index is 2.62. The Hall–Kier alpha value is -1.12. The predicted octanol–water partition coefficient (Wildman–Crippen LogP) is 1.08. The van der Waals surface area contributed by atoms with Crippen LogP contribution >= 0.6 is 0 Å². The topological polar surface area (TPSA) is 27.5 Å². The van der Waals surface area contributed by atoms with Gasteiger partial charge in [-0.25, -0.2) is 0 Å². The maximum atomic E-state index is 11.2. The van der Waals surface area contributed by atoms with Gasteiger partial charge in [-0.1, -0.05) is 12.1 Å². The summed E-state index contributed by atoms with van der Waals surface area (Å²) in [6.07, 6.45) is 1.69. The van der Waals surface area contributed by atoms with E-state index in [0.717, 1.165) is 16.8 Å². The van der Waals surface area contributed by atoms with E-state index in [0.29, 0.717) is 0 Å². The molecular weight excluding hydrogens is 138 g/mol. The summed E-state index contributed by atoms with van der Waals surface area (Å²) in [6, 6.07) is 7.69. The molecule has 0 spiro atoms. The van der Waals surface area contributed by atoms with Gasteiger partial charge in [-0.2, -0.15) is 0 Å². The molecule has 0 bridgehead atoms. The zero-order valence-electron chi connectivity index (χ0n) is 6.29. The molecule has 1 aliphatic rings. The first-order valence-electron chi connectivity index (χ1n) is 3.61. The normalized spacial score (nSPS) is 21.3. The van der Waals surface area contributed by atoms with Crippen molar-refractivity contribution in [1.82, 2.24) is 0 Å². The SMILES string of the molecule is CC1=C[NH+]([O-])c2ccccc21. The summed E-state index contributed by atoms with van der Waals surface area (Å²) in [7, 11) is 0. The lowest BCUT2D eigenvalue weighted by molar-refractivity contribution is -0.710. The van der Waals surface area contributed by atoms with E-state index in [-0.39, 0.29) is 5.06 Å². The maximum Gasteiger partial charge on any atom is 0.143 e. The molecular formula is C9H9NO. The van der Waals surface area contributed by atoms with Crippen LogP contribution in [-0.2, 0) is 0 Å². The largest absolute Gasteiger partial charge is 0.624 e. The van der Waals surface area contributed by atoms with E-state index < -0.39 is 0 Å². The van der Waals surface area contributed by atoms with Crippen LogP contribution in [-0.4, -0.2) is 0 Å².